The van der Waals surface area contributed by atoms with E-state index in [9.17, 15) is 0 Å². The summed E-state index contributed by atoms with van der Waals surface area (Å²) < 4.78 is 23.0. The van der Waals surface area contributed by atoms with Crippen LogP contribution in [0.2, 0.25) is 0 Å². The van der Waals surface area contributed by atoms with Gasteiger partial charge in [-0.1, -0.05) is 0 Å². The third-order valence-corrected chi connectivity index (χ3v) is 3.47. The van der Waals surface area contributed by atoms with Crippen LogP contribution in [-0.2, 0) is 18.9 Å². The molecule has 0 aliphatic rings. The van der Waals surface area contributed by atoms with Gasteiger partial charge in [-0.15, -0.1) is 0 Å². The van der Waals surface area contributed by atoms with Crippen molar-refractivity contribution in [3.8, 4) is 12.1 Å². The summed E-state index contributed by atoms with van der Waals surface area (Å²) in [5, 5.41) is 17.4. The van der Waals surface area contributed by atoms with Crippen LogP contribution < -0.4 is 0 Å². The van der Waals surface area contributed by atoms with Gasteiger partial charge in [0.2, 0.25) is 13.1 Å². The molecule has 0 fully saturated rings. The van der Waals surface area contributed by atoms with Crippen molar-refractivity contribution in [3.63, 3.8) is 0 Å². The lowest BCUT2D eigenvalue weighted by Gasteiger charge is -2.34. The Bertz CT molecular complexity index is 481. The minimum atomic E-state index is -0.532. The molecule has 0 heterocycles. The van der Waals surface area contributed by atoms with Crippen molar-refractivity contribution in [1.29, 1.82) is 10.5 Å². The minimum Gasteiger partial charge on any atom is -0.375 e. The van der Waals surface area contributed by atoms with Crippen molar-refractivity contribution in [3.05, 3.63) is 22.8 Å². The molecule has 0 bridgehead atoms. The average Bonchev–Trinajstić information content (AvgIpc) is 2.63. The van der Waals surface area contributed by atoms with Gasteiger partial charge in [0.05, 0.1) is 50.4 Å². The molecule has 0 aliphatic carbocycles. The third kappa shape index (κ3) is 10.6. The molecule has 8 nitrogen and oxygen atoms in total. The van der Waals surface area contributed by atoms with E-state index in [-0.39, 0.29) is 52.4 Å². The van der Waals surface area contributed by atoms with E-state index < -0.39 is 24.4 Å². The smallest absolute Gasteiger partial charge is 0.237 e. The Morgan fingerprint density at radius 3 is 1.58 bits per heavy atom. The van der Waals surface area contributed by atoms with Crippen LogP contribution in [0.5, 0.6) is 0 Å². The predicted molar refractivity (Wildman–Crippen MR) is 93.7 cm³/mol. The fraction of sp³-hybridized carbons (Fsp3) is 0.778. The fourth-order valence-electron chi connectivity index (χ4n) is 2.23. The fourth-order valence-corrected chi connectivity index (χ4v) is 2.23. The number of nitriles is 2. The highest BCUT2D eigenvalue weighted by molar-refractivity contribution is 4.84. The second kappa shape index (κ2) is 16.3. The Labute approximate surface area is 155 Å². The molecule has 0 saturated heterocycles. The molecule has 0 rings (SSSR count). The van der Waals surface area contributed by atoms with Crippen LogP contribution in [0.25, 0.3) is 9.69 Å². The first kappa shape index (κ1) is 23.8. The predicted octanol–water partition coefficient (Wildman–Crippen LogP) is 2.23. The van der Waals surface area contributed by atoms with Gasteiger partial charge in [-0.3, -0.25) is 0 Å². The standard InChI is InChI=1S/C18H26N4O4/c1-15(23-11-5-7-19)17(25-12-6-8-20)18(26-14-10-22-4)16(2)24-13-9-21-3/h15-18H,5-6,9-14H2,1-2H3. The van der Waals surface area contributed by atoms with Crippen LogP contribution >= 0.6 is 0 Å². The van der Waals surface area contributed by atoms with Gasteiger partial charge in [-0.25, -0.2) is 13.1 Å². The molecule has 0 amide bonds. The summed E-state index contributed by atoms with van der Waals surface area (Å²) in [6.45, 7) is 18.7. The summed E-state index contributed by atoms with van der Waals surface area (Å²) in [5.41, 5.74) is 0. The highest BCUT2D eigenvalue weighted by Gasteiger charge is 2.34. The summed E-state index contributed by atoms with van der Waals surface area (Å²) in [6, 6.07) is 4.04. The molecule has 0 aliphatic heterocycles. The van der Waals surface area contributed by atoms with Gasteiger partial charge in [0.25, 0.3) is 0 Å². The van der Waals surface area contributed by atoms with Crippen molar-refractivity contribution >= 4 is 0 Å². The van der Waals surface area contributed by atoms with Crippen molar-refractivity contribution in [2.24, 2.45) is 0 Å². The summed E-state index contributed by atoms with van der Waals surface area (Å²) in [6.07, 6.45) is -1.36. The molecule has 0 radical (unpaired) electrons. The normalized spacial score (nSPS) is 14.8. The van der Waals surface area contributed by atoms with Gasteiger partial charge >= 0.3 is 0 Å². The molecule has 4 atom stereocenters. The van der Waals surface area contributed by atoms with Gasteiger partial charge < -0.3 is 28.6 Å². The number of hydrogen-bond donors (Lipinski definition) is 0. The molecule has 8 heteroatoms. The molecule has 142 valence electrons. The van der Waals surface area contributed by atoms with Crippen molar-refractivity contribution in [1.82, 2.24) is 0 Å². The molecule has 0 aromatic carbocycles. The maximum atomic E-state index is 8.74. The van der Waals surface area contributed by atoms with E-state index in [1.807, 2.05) is 26.0 Å². The molecule has 0 aromatic heterocycles. The zero-order chi connectivity index (χ0) is 19.6. The summed E-state index contributed by atoms with van der Waals surface area (Å²) in [5.74, 6) is 0. The van der Waals surface area contributed by atoms with E-state index >= 15 is 0 Å². The highest BCUT2D eigenvalue weighted by atomic mass is 16.6. The van der Waals surface area contributed by atoms with Crippen LogP contribution in [0.4, 0.5) is 0 Å². The summed E-state index contributed by atoms with van der Waals surface area (Å²) in [4.78, 5) is 6.53. The Kier molecular flexibility index (Phi) is 14.9. The second-order valence-electron chi connectivity index (χ2n) is 5.40. The third-order valence-electron chi connectivity index (χ3n) is 3.47. The average molecular weight is 362 g/mol. The lowest BCUT2D eigenvalue weighted by Crippen LogP contribution is -2.48. The highest BCUT2D eigenvalue weighted by Crippen LogP contribution is 2.18. The molecule has 0 spiro atoms. The molecule has 26 heavy (non-hydrogen) atoms. The summed E-state index contributed by atoms with van der Waals surface area (Å²) >= 11 is 0. The Hall–Kier alpha value is -2.20. The van der Waals surface area contributed by atoms with Crippen LogP contribution in [0, 0.1) is 35.8 Å². The molecule has 0 saturated carbocycles. The first-order chi connectivity index (χ1) is 12.6. The van der Waals surface area contributed by atoms with Crippen molar-refractivity contribution in [2.75, 3.05) is 39.5 Å². The van der Waals surface area contributed by atoms with Gasteiger partial charge in [0, 0.05) is 0 Å². The van der Waals surface area contributed by atoms with E-state index in [0.717, 1.165) is 0 Å². The van der Waals surface area contributed by atoms with E-state index in [1.54, 1.807) is 0 Å². The summed E-state index contributed by atoms with van der Waals surface area (Å²) in [7, 11) is 0. The van der Waals surface area contributed by atoms with E-state index in [0.29, 0.717) is 0 Å². The number of nitrogens with zero attached hydrogens (tertiary/aromatic N) is 4. The number of hydrogen-bond acceptors (Lipinski definition) is 6. The quantitative estimate of drug-likeness (QED) is 0.328. The SMILES string of the molecule is [C-]#[N+]CCOC(C)C(OCC[N+]#[C-])C(OCCC#N)C(C)OCCC#N. The maximum absolute atomic E-state index is 8.74. The van der Waals surface area contributed by atoms with E-state index in [2.05, 4.69) is 9.69 Å². The van der Waals surface area contributed by atoms with E-state index in [4.69, 9.17) is 42.6 Å². The maximum Gasteiger partial charge on any atom is 0.237 e. The molecule has 0 aromatic rings. The molecule has 4 unspecified atom stereocenters. The monoisotopic (exact) mass is 362 g/mol. The number of ether oxygens (including phenoxy) is 4. The lowest BCUT2D eigenvalue weighted by atomic mass is 10.0. The number of rotatable bonds is 15. The minimum absolute atomic E-state index is 0.208. The van der Waals surface area contributed by atoms with Crippen LogP contribution in [0.15, 0.2) is 0 Å². The Morgan fingerprint density at radius 2 is 1.12 bits per heavy atom. The molecule has 0 N–H and O–H groups in total. The van der Waals surface area contributed by atoms with Crippen molar-refractivity contribution < 1.29 is 18.9 Å². The zero-order valence-corrected chi connectivity index (χ0v) is 15.4. The molecular formula is C18H26N4O4. The van der Waals surface area contributed by atoms with E-state index in [1.165, 1.54) is 0 Å². The van der Waals surface area contributed by atoms with Crippen LogP contribution in [-0.4, -0.2) is 63.9 Å². The van der Waals surface area contributed by atoms with Gasteiger partial charge in [0.1, 0.15) is 25.4 Å². The second-order valence-corrected chi connectivity index (χ2v) is 5.40. The molecular weight excluding hydrogens is 336 g/mol. The Balaban J connectivity index is 5.10. The topological polar surface area (TPSA) is 93.2 Å². The lowest BCUT2D eigenvalue weighted by molar-refractivity contribution is -0.168. The first-order valence-corrected chi connectivity index (χ1v) is 8.49. The van der Waals surface area contributed by atoms with Gasteiger partial charge in [0.15, 0.2) is 0 Å². The first-order valence-electron chi connectivity index (χ1n) is 8.49. The zero-order valence-electron chi connectivity index (χ0n) is 15.4. The van der Waals surface area contributed by atoms with Crippen LogP contribution in [0.1, 0.15) is 26.7 Å². The Morgan fingerprint density at radius 1 is 0.731 bits per heavy atom. The van der Waals surface area contributed by atoms with Gasteiger partial charge in [-0.2, -0.15) is 10.5 Å². The van der Waals surface area contributed by atoms with Crippen molar-refractivity contribution in [2.45, 2.75) is 51.1 Å². The van der Waals surface area contributed by atoms with Gasteiger partial charge in [-0.05, 0) is 13.8 Å². The largest absolute Gasteiger partial charge is 0.375 e. The van der Waals surface area contributed by atoms with Crippen LogP contribution in [0.3, 0.4) is 0 Å².